The molecule has 0 aromatic heterocycles. The van der Waals surface area contributed by atoms with Crippen LogP contribution in [0.1, 0.15) is 69.9 Å². The van der Waals surface area contributed by atoms with E-state index in [-0.39, 0.29) is 18.6 Å². The van der Waals surface area contributed by atoms with E-state index in [1.165, 1.54) is 19.3 Å². The Morgan fingerprint density at radius 2 is 2.03 bits per heavy atom. The van der Waals surface area contributed by atoms with Crippen molar-refractivity contribution in [1.29, 1.82) is 0 Å². The lowest BCUT2D eigenvalue weighted by Crippen LogP contribution is -2.70. The first-order valence-corrected chi connectivity index (χ1v) is 12.5. The molecule has 4 rings (SSSR count). The molecule has 6 nitrogen and oxygen atoms in total. The van der Waals surface area contributed by atoms with Crippen LogP contribution in [-0.2, 0) is 21.3 Å². The molecule has 180 valence electrons. The van der Waals surface area contributed by atoms with Gasteiger partial charge in [-0.25, -0.2) is 0 Å². The number of fused-ring (bicyclic) bond motifs is 4. The number of aliphatic hydroxyl groups is 1. The molecule has 2 N–H and O–H groups in total. The van der Waals surface area contributed by atoms with E-state index >= 15 is 0 Å². The molecule has 2 aliphatic carbocycles. The second-order valence-corrected chi connectivity index (χ2v) is 10.2. The Morgan fingerprint density at radius 1 is 1.22 bits per heavy atom. The van der Waals surface area contributed by atoms with Gasteiger partial charge in [0.1, 0.15) is 0 Å². The van der Waals surface area contributed by atoms with Gasteiger partial charge in [0, 0.05) is 30.7 Å². The van der Waals surface area contributed by atoms with Gasteiger partial charge in [0.05, 0.1) is 18.8 Å². The zero-order valence-corrected chi connectivity index (χ0v) is 20.1. The van der Waals surface area contributed by atoms with Gasteiger partial charge in [-0.2, -0.15) is 0 Å². The lowest BCUT2D eigenvalue weighted by molar-refractivity contribution is -0.142. The van der Waals surface area contributed by atoms with E-state index in [1.54, 1.807) is 7.11 Å². The van der Waals surface area contributed by atoms with Gasteiger partial charge in [-0.05, 0) is 63.1 Å². The molecule has 1 saturated carbocycles. The van der Waals surface area contributed by atoms with Crippen LogP contribution in [0.2, 0.25) is 0 Å². The molecule has 32 heavy (non-hydrogen) atoms. The van der Waals surface area contributed by atoms with Crippen LogP contribution in [0.5, 0.6) is 11.5 Å². The number of benzene rings is 1. The van der Waals surface area contributed by atoms with Gasteiger partial charge < -0.3 is 24.4 Å². The number of rotatable bonds is 11. The van der Waals surface area contributed by atoms with Crippen molar-refractivity contribution in [3.05, 3.63) is 23.3 Å². The Bertz CT molecular complexity index is 778. The number of hydrogen-bond acceptors (Lipinski definition) is 6. The van der Waals surface area contributed by atoms with Crippen molar-refractivity contribution in [3.8, 4) is 11.5 Å². The van der Waals surface area contributed by atoms with Crippen LogP contribution in [0.15, 0.2) is 12.1 Å². The third-order valence-corrected chi connectivity index (χ3v) is 8.41. The van der Waals surface area contributed by atoms with Gasteiger partial charge in [-0.3, -0.25) is 4.90 Å². The number of likely N-dealkylation sites (tertiary alicyclic amines) is 1. The number of nitrogens with zero attached hydrogens (tertiary/aromatic N) is 1. The first kappa shape index (κ1) is 23.8. The van der Waals surface area contributed by atoms with Crippen LogP contribution in [0.25, 0.3) is 0 Å². The molecule has 2 fully saturated rings. The molecule has 0 unspecified atom stereocenters. The molecule has 1 aromatic rings. The summed E-state index contributed by atoms with van der Waals surface area (Å²) in [7, 11) is 1.63. The van der Waals surface area contributed by atoms with E-state index in [2.05, 4.69) is 17.9 Å². The molecular weight excluding hydrogens is 406 g/mol. The monoisotopic (exact) mass is 447 g/mol. The van der Waals surface area contributed by atoms with Crippen LogP contribution in [0.4, 0.5) is 0 Å². The molecule has 0 amide bonds. The van der Waals surface area contributed by atoms with Crippen molar-refractivity contribution in [2.45, 2.75) is 82.3 Å². The highest BCUT2D eigenvalue weighted by Gasteiger charge is 2.61. The first-order chi connectivity index (χ1) is 15.4. The second kappa shape index (κ2) is 9.88. The standard InChI is InChI=1S/C26H41NO5/c1-4-5-11-26-12-13-27(17-19-7-6-8-19)22(25(26,2)29)16-20-9-10-21(24(28)23(20)26)32-18-31-15-14-30-3/h9-10,19,22,28-29H,4-8,11-18H2,1-3H3/t22-,25-,26+/m1/s1. The summed E-state index contributed by atoms with van der Waals surface area (Å²) in [4.78, 5) is 2.54. The largest absolute Gasteiger partial charge is 0.504 e. The van der Waals surface area contributed by atoms with Gasteiger partial charge in [0.25, 0.3) is 0 Å². The minimum atomic E-state index is -0.901. The average Bonchev–Trinajstić information content (AvgIpc) is 2.72. The van der Waals surface area contributed by atoms with E-state index in [4.69, 9.17) is 14.2 Å². The fraction of sp³-hybridized carbons (Fsp3) is 0.769. The van der Waals surface area contributed by atoms with Gasteiger partial charge in [-0.1, -0.05) is 32.3 Å². The zero-order valence-electron chi connectivity index (χ0n) is 20.1. The molecule has 1 heterocycles. The summed E-state index contributed by atoms with van der Waals surface area (Å²) < 4.78 is 16.2. The summed E-state index contributed by atoms with van der Waals surface area (Å²) in [6.07, 6.45) is 8.56. The average molecular weight is 448 g/mol. The molecular formula is C26H41NO5. The summed E-state index contributed by atoms with van der Waals surface area (Å²) >= 11 is 0. The van der Waals surface area contributed by atoms with Crippen molar-refractivity contribution in [1.82, 2.24) is 4.90 Å². The van der Waals surface area contributed by atoms with Gasteiger partial charge in [-0.15, -0.1) is 0 Å². The number of hydrogen-bond donors (Lipinski definition) is 2. The van der Waals surface area contributed by atoms with Crippen LogP contribution in [0.3, 0.4) is 0 Å². The highest BCUT2D eigenvalue weighted by molar-refractivity contribution is 5.57. The molecule has 2 bridgehead atoms. The topological polar surface area (TPSA) is 71.4 Å². The number of unbranched alkanes of at least 4 members (excludes halogenated alkanes) is 1. The van der Waals surface area contributed by atoms with Gasteiger partial charge >= 0.3 is 0 Å². The molecule has 1 saturated heterocycles. The number of piperidine rings is 1. The lowest BCUT2D eigenvalue weighted by Gasteiger charge is -2.61. The highest BCUT2D eigenvalue weighted by Crippen LogP contribution is 2.58. The Hall–Kier alpha value is -1.34. The number of phenols is 1. The third kappa shape index (κ3) is 4.15. The van der Waals surface area contributed by atoms with E-state index in [0.29, 0.717) is 19.0 Å². The number of aromatic hydroxyl groups is 1. The van der Waals surface area contributed by atoms with Crippen LogP contribution < -0.4 is 4.74 Å². The molecule has 1 aromatic carbocycles. The van der Waals surface area contributed by atoms with E-state index in [9.17, 15) is 10.2 Å². The highest BCUT2D eigenvalue weighted by atomic mass is 16.7. The Morgan fingerprint density at radius 3 is 2.72 bits per heavy atom. The second-order valence-electron chi connectivity index (χ2n) is 10.2. The quantitative estimate of drug-likeness (QED) is 0.395. The van der Waals surface area contributed by atoms with Gasteiger partial charge in [0.15, 0.2) is 18.3 Å². The Balaban J connectivity index is 1.64. The number of ether oxygens (including phenoxy) is 3. The van der Waals surface area contributed by atoms with E-state index < -0.39 is 11.0 Å². The predicted octanol–water partition coefficient (Wildman–Crippen LogP) is 4.00. The normalized spacial score (nSPS) is 30.1. The Kier molecular flexibility index (Phi) is 7.35. The maximum absolute atomic E-state index is 12.1. The van der Waals surface area contributed by atoms with Crippen LogP contribution in [0, 0.1) is 5.92 Å². The maximum Gasteiger partial charge on any atom is 0.189 e. The summed E-state index contributed by atoms with van der Waals surface area (Å²) in [5, 5.41) is 23.5. The number of methoxy groups -OCH3 is 1. The number of phenolic OH excluding ortho intramolecular Hbond substituents is 1. The molecule has 3 atom stereocenters. The van der Waals surface area contributed by atoms with Crippen molar-refractivity contribution < 1.29 is 24.4 Å². The molecule has 6 heteroatoms. The predicted molar refractivity (Wildman–Crippen MR) is 124 cm³/mol. The summed E-state index contributed by atoms with van der Waals surface area (Å²) in [5.41, 5.74) is 0.700. The summed E-state index contributed by atoms with van der Waals surface area (Å²) in [6.45, 7) is 7.28. The van der Waals surface area contributed by atoms with E-state index in [1.807, 2.05) is 13.0 Å². The lowest BCUT2D eigenvalue weighted by atomic mass is 9.53. The maximum atomic E-state index is 12.1. The minimum absolute atomic E-state index is 0.0614. The zero-order chi connectivity index (χ0) is 22.8. The van der Waals surface area contributed by atoms with Crippen LogP contribution >= 0.6 is 0 Å². The van der Waals surface area contributed by atoms with Gasteiger partial charge in [0.2, 0.25) is 0 Å². The summed E-state index contributed by atoms with van der Waals surface area (Å²) in [6, 6.07) is 4.03. The first-order valence-electron chi connectivity index (χ1n) is 12.5. The minimum Gasteiger partial charge on any atom is -0.504 e. The molecule has 0 radical (unpaired) electrons. The van der Waals surface area contributed by atoms with Crippen molar-refractivity contribution >= 4 is 0 Å². The molecule has 1 aliphatic heterocycles. The Labute approximate surface area is 192 Å². The summed E-state index contributed by atoms with van der Waals surface area (Å²) in [5.74, 6) is 1.39. The van der Waals surface area contributed by atoms with Crippen molar-refractivity contribution in [2.24, 2.45) is 5.92 Å². The van der Waals surface area contributed by atoms with Crippen molar-refractivity contribution in [2.75, 3.05) is 40.2 Å². The van der Waals surface area contributed by atoms with Crippen LogP contribution in [-0.4, -0.2) is 67.0 Å². The molecule has 3 aliphatic rings. The van der Waals surface area contributed by atoms with Crippen molar-refractivity contribution in [3.63, 3.8) is 0 Å². The third-order valence-electron chi connectivity index (χ3n) is 8.41. The smallest absolute Gasteiger partial charge is 0.189 e. The molecule has 0 spiro atoms. The SMILES string of the molecule is CCCC[C@]12CCN(CC3CCC3)[C@H](Cc3ccc(OCOCCOC)c(O)c31)[C@@]2(C)O. The van der Waals surface area contributed by atoms with E-state index in [0.717, 1.165) is 62.2 Å². The fourth-order valence-electron chi connectivity index (χ4n) is 6.28. The fourth-order valence-corrected chi connectivity index (χ4v) is 6.28.